The molecular weight excluding hydrogens is 971 g/mol. The summed E-state index contributed by atoms with van der Waals surface area (Å²) in [4.78, 5) is 70.8. The predicted octanol–water partition coefficient (Wildman–Crippen LogP) is 13.6. The Balaban J connectivity index is 5.05. The Morgan fingerprint density at radius 3 is 0.861 bits per heavy atom. The van der Waals surface area contributed by atoms with Crippen molar-refractivity contribution in [2.75, 3.05) is 39.6 Å². The van der Waals surface area contributed by atoms with Crippen molar-refractivity contribution < 1.29 is 80.2 Å². The van der Waals surface area contributed by atoms with Gasteiger partial charge in [-0.2, -0.15) is 0 Å². The van der Waals surface area contributed by atoms with Crippen LogP contribution in [-0.4, -0.2) is 96.7 Å². The number of aliphatic hydroxyl groups excluding tert-OH is 1. The molecule has 0 aromatic heterocycles. The van der Waals surface area contributed by atoms with Crippen LogP contribution >= 0.6 is 15.6 Å². The van der Waals surface area contributed by atoms with Gasteiger partial charge in [0.05, 0.1) is 26.4 Å². The van der Waals surface area contributed by atoms with Crippen molar-refractivity contribution in [2.24, 2.45) is 0 Å². The summed E-state index contributed by atoms with van der Waals surface area (Å²) < 4.78 is 66.9. The molecule has 5 atom stereocenters. The summed E-state index contributed by atoms with van der Waals surface area (Å²) in [7, 11) is -9.84. The van der Waals surface area contributed by atoms with E-state index in [9.17, 15) is 43.2 Å². The van der Waals surface area contributed by atoms with Crippen molar-refractivity contribution >= 4 is 39.5 Å². The van der Waals surface area contributed by atoms with E-state index in [0.29, 0.717) is 25.7 Å². The molecule has 426 valence electrons. The molecule has 0 aliphatic carbocycles. The summed E-state index contributed by atoms with van der Waals surface area (Å²) in [5.41, 5.74) is 0. The lowest BCUT2D eigenvalue weighted by Crippen LogP contribution is -2.30. The molecule has 0 aliphatic rings. The zero-order valence-electron chi connectivity index (χ0n) is 45.4. The van der Waals surface area contributed by atoms with Crippen LogP contribution in [-0.2, 0) is 65.4 Å². The van der Waals surface area contributed by atoms with E-state index in [1.807, 2.05) is 6.92 Å². The van der Waals surface area contributed by atoms with E-state index in [2.05, 4.69) is 20.8 Å². The fraction of sp³-hybridized carbons (Fsp3) is 0.925. The summed E-state index contributed by atoms with van der Waals surface area (Å²) in [6, 6.07) is 0. The van der Waals surface area contributed by atoms with Gasteiger partial charge < -0.3 is 33.8 Å². The molecule has 0 amide bonds. The largest absolute Gasteiger partial charge is 0.472 e. The Bertz CT molecular complexity index is 1420. The first-order chi connectivity index (χ1) is 34.7. The molecular formula is C53H102O17P2. The zero-order chi connectivity index (χ0) is 53.4. The highest BCUT2D eigenvalue weighted by Gasteiger charge is 2.30. The van der Waals surface area contributed by atoms with Crippen molar-refractivity contribution in [1.29, 1.82) is 0 Å². The molecule has 0 saturated heterocycles. The van der Waals surface area contributed by atoms with Crippen LogP contribution in [0.4, 0.5) is 0 Å². The lowest BCUT2D eigenvalue weighted by atomic mass is 10.0. The Morgan fingerprint density at radius 2 is 0.569 bits per heavy atom. The number of hydrogen-bond acceptors (Lipinski definition) is 15. The maximum Gasteiger partial charge on any atom is 0.472 e. The van der Waals surface area contributed by atoms with E-state index < -0.39 is 97.5 Å². The van der Waals surface area contributed by atoms with Gasteiger partial charge in [-0.15, -0.1) is 0 Å². The number of phosphoric acid groups is 2. The fourth-order valence-electron chi connectivity index (χ4n) is 7.67. The first-order valence-corrected chi connectivity index (χ1v) is 31.3. The van der Waals surface area contributed by atoms with Gasteiger partial charge in [-0.1, -0.05) is 207 Å². The summed E-state index contributed by atoms with van der Waals surface area (Å²) >= 11 is 0. The van der Waals surface area contributed by atoms with E-state index in [1.54, 1.807) is 0 Å². The van der Waals surface area contributed by atoms with Crippen molar-refractivity contribution in [2.45, 2.75) is 277 Å². The van der Waals surface area contributed by atoms with Crippen molar-refractivity contribution in [1.82, 2.24) is 0 Å². The maximum atomic E-state index is 12.8. The summed E-state index contributed by atoms with van der Waals surface area (Å²) in [6.07, 6.45) is 30.7. The number of phosphoric ester groups is 2. The third-order valence-electron chi connectivity index (χ3n) is 12.1. The quantitative estimate of drug-likeness (QED) is 0.0222. The van der Waals surface area contributed by atoms with Crippen LogP contribution in [0.3, 0.4) is 0 Å². The second-order valence-electron chi connectivity index (χ2n) is 19.3. The van der Waals surface area contributed by atoms with Gasteiger partial charge in [0, 0.05) is 25.7 Å². The highest BCUT2D eigenvalue weighted by Crippen LogP contribution is 2.45. The molecule has 0 spiro atoms. The van der Waals surface area contributed by atoms with E-state index in [1.165, 1.54) is 83.5 Å². The number of esters is 4. The summed E-state index contributed by atoms with van der Waals surface area (Å²) in [5.74, 6) is -2.19. The molecule has 0 radical (unpaired) electrons. The zero-order valence-corrected chi connectivity index (χ0v) is 47.2. The normalized spacial score (nSPS) is 14.5. The molecule has 2 unspecified atom stereocenters. The van der Waals surface area contributed by atoms with Gasteiger partial charge >= 0.3 is 39.5 Å². The minimum atomic E-state index is -4.93. The van der Waals surface area contributed by atoms with Crippen LogP contribution in [0.15, 0.2) is 0 Å². The van der Waals surface area contributed by atoms with Crippen LogP contribution in [0.25, 0.3) is 0 Å². The van der Waals surface area contributed by atoms with Gasteiger partial charge in [0.25, 0.3) is 0 Å². The number of aliphatic hydroxyl groups is 1. The molecule has 0 bridgehead atoms. The Morgan fingerprint density at radius 1 is 0.333 bits per heavy atom. The SMILES string of the molecule is CCCCCCCCCCCCCCCCCC(=O)O[C@H](COC(=O)CCCCCCCCCC)COP(=O)(O)OC[C@@H](O)COP(=O)(O)OC[C@@H](COC(=O)CCCC)OC(=O)CCCCCCCCC. The highest BCUT2D eigenvalue weighted by molar-refractivity contribution is 7.47. The Labute approximate surface area is 435 Å². The van der Waals surface area contributed by atoms with Gasteiger partial charge in [0.1, 0.15) is 19.3 Å². The predicted molar refractivity (Wildman–Crippen MR) is 280 cm³/mol. The van der Waals surface area contributed by atoms with E-state index in [-0.39, 0.29) is 25.7 Å². The van der Waals surface area contributed by atoms with Gasteiger partial charge in [-0.25, -0.2) is 9.13 Å². The number of unbranched alkanes of at least 4 members (excludes halogenated alkanes) is 28. The van der Waals surface area contributed by atoms with Crippen LogP contribution in [0.2, 0.25) is 0 Å². The minimum absolute atomic E-state index is 0.101. The molecule has 0 aliphatic heterocycles. The smallest absolute Gasteiger partial charge is 0.462 e. The highest BCUT2D eigenvalue weighted by atomic mass is 31.2. The van der Waals surface area contributed by atoms with E-state index in [4.69, 9.17) is 37.0 Å². The molecule has 19 heteroatoms. The Kier molecular flexibility index (Phi) is 47.4. The molecule has 0 aromatic carbocycles. The lowest BCUT2D eigenvalue weighted by Gasteiger charge is -2.21. The maximum absolute atomic E-state index is 12.8. The second-order valence-corrected chi connectivity index (χ2v) is 22.2. The first kappa shape index (κ1) is 70.1. The number of rotatable bonds is 54. The standard InChI is InChI=1S/C53H102O17P2/c1-5-9-13-16-19-21-22-23-24-25-26-27-30-33-36-40-53(58)70-49(44-64-51(56)38-34-31-29-20-17-14-10-6-2)46-68-72(61,62)66-42-47(54)41-65-71(59,60)67-45-48(43-63-50(55)37-12-8-4)69-52(57)39-35-32-28-18-15-11-7-3/h47-49,54H,5-46H2,1-4H3,(H,59,60)(H,61,62)/t47-,48+,49+/m0/s1. The number of carbonyl (C=O) groups is 4. The third kappa shape index (κ3) is 47.8. The van der Waals surface area contributed by atoms with E-state index >= 15 is 0 Å². The van der Waals surface area contributed by atoms with Crippen molar-refractivity contribution in [3.63, 3.8) is 0 Å². The molecule has 3 N–H and O–H groups in total. The number of carbonyl (C=O) groups excluding carboxylic acids is 4. The summed E-state index contributed by atoms with van der Waals surface area (Å²) in [5, 5.41) is 10.4. The van der Waals surface area contributed by atoms with Crippen LogP contribution in [0.1, 0.15) is 259 Å². The van der Waals surface area contributed by atoms with Crippen LogP contribution in [0, 0.1) is 0 Å². The Hall–Kier alpha value is -1.94. The molecule has 0 rings (SSSR count). The molecule has 0 heterocycles. The third-order valence-corrected chi connectivity index (χ3v) is 14.0. The molecule has 0 aromatic rings. The minimum Gasteiger partial charge on any atom is -0.462 e. The van der Waals surface area contributed by atoms with Gasteiger partial charge in [0.2, 0.25) is 0 Å². The number of ether oxygens (including phenoxy) is 4. The molecule has 17 nitrogen and oxygen atoms in total. The fourth-order valence-corrected chi connectivity index (χ4v) is 9.25. The van der Waals surface area contributed by atoms with Crippen LogP contribution < -0.4 is 0 Å². The summed E-state index contributed by atoms with van der Waals surface area (Å²) in [6.45, 7) is 4.48. The van der Waals surface area contributed by atoms with Crippen molar-refractivity contribution in [3.8, 4) is 0 Å². The van der Waals surface area contributed by atoms with Crippen molar-refractivity contribution in [3.05, 3.63) is 0 Å². The van der Waals surface area contributed by atoms with Gasteiger partial charge in [-0.3, -0.25) is 37.3 Å². The lowest BCUT2D eigenvalue weighted by molar-refractivity contribution is -0.161. The molecule has 0 fully saturated rings. The average Bonchev–Trinajstić information content (AvgIpc) is 3.35. The van der Waals surface area contributed by atoms with Crippen LogP contribution in [0.5, 0.6) is 0 Å². The topological polar surface area (TPSA) is 237 Å². The number of hydrogen-bond donors (Lipinski definition) is 3. The average molecular weight is 1070 g/mol. The monoisotopic (exact) mass is 1070 g/mol. The van der Waals surface area contributed by atoms with Gasteiger partial charge in [0.15, 0.2) is 12.2 Å². The van der Waals surface area contributed by atoms with E-state index in [0.717, 1.165) is 96.3 Å². The van der Waals surface area contributed by atoms with Gasteiger partial charge in [-0.05, 0) is 25.7 Å². The second kappa shape index (κ2) is 48.7. The molecule has 0 saturated carbocycles. The first-order valence-electron chi connectivity index (χ1n) is 28.3. The molecule has 72 heavy (non-hydrogen) atoms.